The molecule has 0 atom stereocenters. The van der Waals surface area contributed by atoms with E-state index in [0.29, 0.717) is 5.56 Å². The first-order valence-corrected chi connectivity index (χ1v) is 7.59. The molecule has 7 heteroatoms. The van der Waals surface area contributed by atoms with Gasteiger partial charge in [0.15, 0.2) is 22.9 Å². The van der Waals surface area contributed by atoms with Gasteiger partial charge in [0.1, 0.15) is 11.5 Å². The standard InChI is InChI=1S/C18H13ClN2O4/c19-12-7-9-14(23)16(18(12)25)21-20-15-13(22)8-6-11(17(15)24)10-4-2-1-3-5-10/h1-9,22-25H. The van der Waals surface area contributed by atoms with Crippen molar-refractivity contribution in [2.24, 2.45) is 10.2 Å². The maximum absolute atomic E-state index is 10.4. The van der Waals surface area contributed by atoms with Gasteiger partial charge >= 0.3 is 0 Å². The van der Waals surface area contributed by atoms with Crippen molar-refractivity contribution in [3.8, 4) is 34.1 Å². The zero-order chi connectivity index (χ0) is 18.0. The van der Waals surface area contributed by atoms with Gasteiger partial charge in [-0.25, -0.2) is 0 Å². The molecule has 0 radical (unpaired) electrons. The molecule has 0 unspecified atom stereocenters. The number of phenolic OH excluding ortho intramolecular Hbond substituents is 4. The molecule has 126 valence electrons. The second kappa shape index (κ2) is 6.70. The summed E-state index contributed by atoms with van der Waals surface area (Å²) in [6, 6.07) is 14.5. The van der Waals surface area contributed by atoms with E-state index < -0.39 is 5.75 Å². The zero-order valence-electron chi connectivity index (χ0n) is 12.8. The first-order chi connectivity index (χ1) is 12.0. The lowest BCUT2D eigenvalue weighted by atomic mass is 10.0. The van der Waals surface area contributed by atoms with E-state index in [0.717, 1.165) is 5.56 Å². The smallest absolute Gasteiger partial charge is 0.170 e. The predicted molar refractivity (Wildman–Crippen MR) is 94.2 cm³/mol. The van der Waals surface area contributed by atoms with Gasteiger partial charge in [-0.15, -0.1) is 10.2 Å². The molecule has 0 aliphatic rings. The topological polar surface area (TPSA) is 106 Å². The molecule has 0 fully saturated rings. The summed E-state index contributed by atoms with van der Waals surface area (Å²) in [7, 11) is 0. The molecule has 0 heterocycles. The van der Waals surface area contributed by atoms with Crippen LogP contribution in [0.5, 0.6) is 23.0 Å². The summed E-state index contributed by atoms with van der Waals surface area (Å²) in [6.07, 6.45) is 0. The van der Waals surface area contributed by atoms with Crippen molar-refractivity contribution >= 4 is 23.0 Å². The molecule has 3 aromatic rings. The molecule has 0 spiro atoms. The van der Waals surface area contributed by atoms with Crippen molar-refractivity contribution in [3.63, 3.8) is 0 Å². The van der Waals surface area contributed by atoms with Gasteiger partial charge in [0.2, 0.25) is 0 Å². The minimum Gasteiger partial charge on any atom is -0.505 e. The van der Waals surface area contributed by atoms with Gasteiger partial charge in [-0.2, -0.15) is 0 Å². The maximum atomic E-state index is 10.4. The van der Waals surface area contributed by atoms with Crippen LogP contribution in [0.2, 0.25) is 5.02 Å². The quantitative estimate of drug-likeness (QED) is 0.481. The SMILES string of the molecule is Oc1ccc(Cl)c(O)c1N=Nc1c(O)ccc(-c2ccccc2)c1O. The van der Waals surface area contributed by atoms with Crippen molar-refractivity contribution in [2.45, 2.75) is 0 Å². The molecule has 0 saturated carbocycles. The number of benzene rings is 3. The van der Waals surface area contributed by atoms with Crippen LogP contribution in [0.15, 0.2) is 64.8 Å². The van der Waals surface area contributed by atoms with Crippen molar-refractivity contribution in [1.29, 1.82) is 0 Å². The summed E-state index contributed by atoms with van der Waals surface area (Å²) in [5.74, 6) is -1.38. The fourth-order valence-corrected chi connectivity index (χ4v) is 2.41. The van der Waals surface area contributed by atoms with E-state index in [1.807, 2.05) is 18.2 Å². The van der Waals surface area contributed by atoms with E-state index in [1.165, 1.54) is 18.2 Å². The third kappa shape index (κ3) is 3.20. The number of azo groups is 1. The summed E-state index contributed by atoms with van der Waals surface area (Å²) in [5, 5.41) is 47.5. The van der Waals surface area contributed by atoms with Gasteiger partial charge in [-0.05, 0) is 29.8 Å². The summed E-state index contributed by atoms with van der Waals surface area (Å²) in [4.78, 5) is 0. The molecule has 6 nitrogen and oxygen atoms in total. The average molecular weight is 357 g/mol. The van der Waals surface area contributed by atoms with Gasteiger partial charge in [0, 0.05) is 5.56 Å². The normalized spacial score (nSPS) is 11.1. The first-order valence-electron chi connectivity index (χ1n) is 7.21. The Hall–Kier alpha value is -3.25. The molecule has 0 bridgehead atoms. The van der Waals surface area contributed by atoms with Crippen LogP contribution < -0.4 is 0 Å². The minimum absolute atomic E-state index is 0.0155. The van der Waals surface area contributed by atoms with Gasteiger partial charge in [-0.1, -0.05) is 41.9 Å². The molecular weight excluding hydrogens is 344 g/mol. The second-order valence-electron chi connectivity index (χ2n) is 5.16. The number of halogens is 1. The molecule has 25 heavy (non-hydrogen) atoms. The molecule has 0 aliphatic carbocycles. The van der Waals surface area contributed by atoms with Crippen molar-refractivity contribution < 1.29 is 20.4 Å². The molecule has 0 amide bonds. The highest BCUT2D eigenvalue weighted by Gasteiger charge is 2.15. The lowest BCUT2D eigenvalue weighted by Crippen LogP contribution is -1.80. The van der Waals surface area contributed by atoms with Crippen LogP contribution in [-0.2, 0) is 0 Å². The Morgan fingerprint density at radius 1 is 0.640 bits per heavy atom. The predicted octanol–water partition coefficient (Wildman–Crippen LogP) is 5.24. The number of phenols is 4. The molecule has 4 N–H and O–H groups in total. The Balaban J connectivity index is 2.08. The zero-order valence-corrected chi connectivity index (χ0v) is 13.5. The minimum atomic E-state index is -0.455. The monoisotopic (exact) mass is 356 g/mol. The van der Waals surface area contributed by atoms with E-state index in [9.17, 15) is 20.4 Å². The van der Waals surface area contributed by atoms with Crippen LogP contribution in [0.25, 0.3) is 11.1 Å². The van der Waals surface area contributed by atoms with Crippen molar-refractivity contribution in [2.75, 3.05) is 0 Å². The fraction of sp³-hybridized carbons (Fsp3) is 0. The first kappa shape index (κ1) is 16.6. The summed E-state index contributed by atoms with van der Waals surface area (Å²) in [6.45, 7) is 0. The number of nitrogens with zero attached hydrogens (tertiary/aromatic N) is 2. The Morgan fingerprint density at radius 2 is 1.20 bits per heavy atom. The molecular formula is C18H13ClN2O4. The Morgan fingerprint density at radius 3 is 1.84 bits per heavy atom. The maximum Gasteiger partial charge on any atom is 0.170 e. The number of hydrogen-bond acceptors (Lipinski definition) is 6. The third-order valence-corrected chi connectivity index (χ3v) is 3.85. The van der Waals surface area contributed by atoms with E-state index >= 15 is 0 Å². The number of rotatable bonds is 3. The average Bonchev–Trinajstić information content (AvgIpc) is 2.61. The van der Waals surface area contributed by atoms with Crippen LogP contribution in [0, 0.1) is 0 Å². The molecule has 3 aromatic carbocycles. The lowest BCUT2D eigenvalue weighted by molar-refractivity contribution is 0.449. The lowest BCUT2D eigenvalue weighted by Gasteiger charge is -2.08. The molecule has 0 aliphatic heterocycles. The van der Waals surface area contributed by atoms with E-state index in [2.05, 4.69) is 10.2 Å². The van der Waals surface area contributed by atoms with Crippen molar-refractivity contribution in [3.05, 3.63) is 59.6 Å². The second-order valence-corrected chi connectivity index (χ2v) is 5.57. The van der Waals surface area contributed by atoms with Gasteiger partial charge in [0.25, 0.3) is 0 Å². The number of aromatic hydroxyl groups is 4. The van der Waals surface area contributed by atoms with Crippen LogP contribution in [0.4, 0.5) is 11.4 Å². The molecule has 0 aromatic heterocycles. The third-order valence-electron chi connectivity index (χ3n) is 3.55. The Bertz CT molecular complexity index is 959. The Kier molecular flexibility index (Phi) is 4.45. The largest absolute Gasteiger partial charge is 0.505 e. The fourth-order valence-electron chi connectivity index (χ4n) is 2.26. The number of hydrogen-bond donors (Lipinski definition) is 4. The Labute approximate surface area is 147 Å². The summed E-state index contributed by atoms with van der Waals surface area (Å²) < 4.78 is 0. The highest BCUT2D eigenvalue weighted by atomic mass is 35.5. The van der Waals surface area contributed by atoms with E-state index in [-0.39, 0.29) is 33.6 Å². The van der Waals surface area contributed by atoms with Crippen LogP contribution in [-0.4, -0.2) is 20.4 Å². The molecule has 0 saturated heterocycles. The van der Waals surface area contributed by atoms with Crippen LogP contribution in [0.3, 0.4) is 0 Å². The van der Waals surface area contributed by atoms with E-state index in [1.54, 1.807) is 18.2 Å². The van der Waals surface area contributed by atoms with E-state index in [4.69, 9.17) is 11.6 Å². The highest BCUT2D eigenvalue weighted by molar-refractivity contribution is 6.32. The molecule has 3 rings (SSSR count). The van der Waals surface area contributed by atoms with Crippen LogP contribution >= 0.6 is 11.6 Å². The summed E-state index contributed by atoms with van der Waals surface area (Å²) >= 11 is 5.77. The summed E-state index contributed by atoms with van der Waals surface area (Å²) in [5.41, 5.74) is 0.716. The van der Waals surface area contributed by atoms with Gasteiger partial charge in [-0.3, -0.25) is 0 Å². The van der Waals surface area contributed by atoms with Crippen molar-refractivity contribution in [1.82, 2.24) is 0 Å². The van der Waals surface area contributed by atoms with Gasteiger partial charge in [0.05, 0.1) is 5.02 Å². The van der Waals surface area contributed by atoms with Gasteiger partial charge < -0.3 is 20.4 Å². The highest BCUT2D eigenvalue weighted by Crippen LogP contribution is 2.46. The van der Waals surface area contributed by atoms with Crippen LogP contribution in [0.1, 0.15) is 0 Å².